The van der Waals surface area contributed by atoms with Crippen molar-refractivity contribution < 1.29 is 23.9 Å². The highest BCUT2D eigenvalue weighted by molar-refractivity contribution is 9.10. The van der Waals surface area contributed by atoms with Crippen molar-refractivity contribution >= 4 is 39.7 Å². The molecule has 3 amide bonds. The fourth-order valence-corrected chi connectivity index (χ4v) is 4.04. The number of para-hydroxylation sites is 1. The Labute approximate surface area is 207 Å². The molecule has 0 radical (unpaired) electrons. The van der Waals surface area contributed by atoms with Gasteiger partial charge in [0.15, 0.2) is 0 Å². The molecule has 1 heterocycles. The molecule has 1 aromatic carbocycles. The van der Waals surface area contributed by atoms with E-state index >= 15 is 0 Å². The van der Waals surface area contributed by atoms with Gasteiger partial charge in [-0.05, 0) is 47.0 Å². The first-order valence-corrected chi connectivity index (χ1v) is 12.1. The minimum atomic E-state index is -0.652. The van der Waals surface area contributed by atoms with Gasteiger partial charge in [0.05, 0.1) is 18.7 Å². The topological polar surface area (TPSA) is 110 Å². The average Bonchev–Trinajstić information content (AvgIpc) is 2.85. The smallest absolute Gasteiger partial charge is 0.407 e. The van der Waals surface area contributed by atoms with E-state index in [0.29, 0.717) is 15.7 Å². The molecule has 2 aromatic rings. The molecule has 0 saturated heterocycles. The predicted molar refractivity (Wildman–Crippen MR) is 131 cm³/mol. The molecule has 2 N–H and O–H groups in total. The van der Waals surface area contributed by atoms with Crippen molar-refractivity contribution in [2.45, 2.75) is 38.1 Å². The van der Waals surface area contributed by atoms with E-state index in [9.17, 15) is 14.4 Å². The standard InChI is InChI=1S/C24H29BrN4O5/c25-19-15-18(16-26-17-19)22(30)29(21-9-5-2-6-10-21)12-14-34-23(31)27-11-13-33-24(32)28-20-7-3-1-4-8-20/h2,5-6,9-10,15-17,20H,1,3-4,7-8,11-14H2,(H,27,31)(H,28,32). The van der Waals surface area contributed by atoms with Crippen LogP contribution in [-0.4, -0.2) is 55.4 Å². The molecule has 1 aliphatic rings. The van der Waals surface area contributed by atoms with Gasteiger partial charge in [-0.3, -0.25) is 9.78 Å². The van der Waals surface area contributed by atoms with Gasteiger partial charge in [-0.2, -0.15) is 0 Å². The second-order valence-corrected chi connectivity index (χ2v) is 8.78. The molecule has 3 rings (SSSR count). The molecule has 0 aliphatic heterocycles. The maximum absolute atomic E-state index is 13.0. The highest BCUT2D eigenvalue weighted by atomic mass is 79.9. The summed E-state index contributed by atoms with van der Waals surface area (Å²) in [6.07, 6.45) is 7.35. The second-order valence-electron chi connectivity index (χ2n) is 7.86. The number of halogens is 1. The van der Waals surface area contributed by atoms with Crippen molar-refractivity contribution in [1.82, 2.24) is 15.6 Å². The summed E-state index contributed by atoms with van der Waals surface area (Å²) in [4.78, 5) is 42.4. The van der Waals surface area contributed by atoms with Gasteiger partial charge < -0.3 is 25.0 Å². The summed E-state index contributed by atoms with van der Waals surface area (Å²) in [5.41, 5.74) is 1.08. The lowest BCUT2D eigenvalue weighted by atomic mass is 9.96. The van der Waals surface area contributed by atoms with E-state index in [0.717, 1.165) is 25.7 Å². The number of carbonyl (C=O) groups excluding carboxylic acids is 3. The molecule has 1 fully saturated rings. The number of amides is 3. The number of aromatic nitrogens is 1. The predicted octanol–water partition coefficient (Wildman–Crippen LogP) is 4.28. The van der Waals surface area contributed by atoms with Crippen LogP contribution >= 0.6 is 15.9 Å². The molecule has 182 valence electrons. The Hall–Kier alpha value is -3.14. The monoisotopic (exact) mass is 532 g/mol. The molecule has 1 aliphatic carbocycles. The third-order valence-corrected chi connectivity index (χ3v) is 5.78. The van der Waals surface area contributed by atoms with E-state index in [-0.39, 0.29) is 38.3 Å². The number of alkyl carbamates (subject to hydrolysis) is 2. The first-order valence-electron chi connectivity index (χ1n) is 11.3. The van der Waals surface area contributed by atoms with E-state index in [2.05, 4.69) is 31.5 Å². The maximum Gasteiger partial charge on any atom is 0.407 e. The minimum Gasteiger partial charge on any atom is -0.448 e. The highest BCUT2D eigenvalue weighted by Crippen LogP contribution is 2.19. The molecule has 0 spiro atoms. The zero-order valence-electron chi connectivity index (χ0n) is 18.9. The summed E-state index contributed by atoms with van der Waals surface area (Å²) >= 11 is 3.32. The van der Waals surface area contributed by atoms with Crippen molar-refractivity contribution in [1.29, 1.82) is 0 Å². The molecule has 9 nitrogen and oxygen atoms in total. The number of ether oxygens (including phenoxy) is 2. The van der Waals surface area contributed by atoms with Crippen LogP contribution in [0.1, 0.15) is 42.5 Å². The summed E-state index contributed by atoms with van der Waals surface area (Å²) in [5, 5.41) is 5.38. The number of nitrogens with zero attached hydrogens (tertiary/aromatic N) is 2. The number of anilines is 1. The SMILES string of the molecule is O=C(NCCOC(=O)NC1CCCCC1)OCCN(C(=O)c1cncc(Br)c1)c1ccccc1. The Morgan fingerprint density at radius 3 is 2.47 bits per heavy atom. The van der Waals surface area contributed by atoms with Crippen LogP contribution in [0.4, 0.5) is 15.3 Å². The Balaban J connectivity index is 1.40. The molecular formula is C24H29BrN4O5. The van der Waals surface area contributed by atoms with Gasteiger partial charge in [0, 0.05) is 28.6 Å². The van der Waals surface area contributed by atoms with Crippen molar-refractivity contribution in [3.63, 3.8) is 0 Å². The first-order chi connectivity index (χ1) is 16.5. The summed E-state index contributed by atoms with van der Waals surface area (Å²) in [5.74, 6) is -0.263. The number of nitrogens with one attached hydrogen (secondary N) is 2. The Morgan fingerprint density at radius 1 is 1.00 bits per heavy atom. The van der Waals surface area contributed by atoms with E-state index in [1.165, 1.54) is 17.5 Å². The molecule has 1 saturated carbocycles. The Morgan fingerprint density at radius 2 is 1.74 bits per heavy atom. The van der Waals surface area contributed by atoms with Crippen LogP contribution < -0.4 is 15.5 Å². The lowest BCUT2D eigenvalue weighted by molar-refractivity contribution is 0.0972. The van der Waals surface area contributed by atoms with Gasteiger partial charge in [0.2, 0.25) is 0 Å². The van der Waals surface area contributed by atoms with Crippen molar-refractivity contribution in [2.75, 3.05) is 31.2 Å². The third kappa shape index (κ3) is 8.33. The summed E-state index contributed by atoms with van der Waals surface area (Å²) in [6.45, 7) is 0.306. The van der Waals surface area contributed by atoms with Gasteiger partial charge in [-0.15, -0.1) is 0 Å². The second kappa shape index (κ2) is 13.5. The number of benzene rings is 1. The van der Waals surface area contributed by atoms with E-state index in [1.807, 2.05) is 18.2 Å². The van der Waals surface area contributed by atoms with Crippen molar-refractivity contribution in [3.05, 3.63) is 58.8 Å². The van der Waals surface area contributed by atoms with Gasteiger partial charge in [0.1, 0.15) is 13.2 Å². The molecule has 0 atom stereocenters. The number of hydrogen-bond acceptors (Lipinski definition) is 6. The summed E-state index contributed by atoms with van der Waals surface area (Å²) < 4.78 is 11.0. The van der Waals surface area contributed by atoms with Gasteiger partial charge in [-0.1, -0.05) is 37.5 Å². The number of hydrogen-bond donors (Lipinski definition) is 2. The zero-order valence-corrected chi connectivity index (χ0v) is 20.5. The van der Waals surface area contributed by atoms with Crippen LogP contribution in [0.15, 0.2) is 53.3 Å². The fraction of sp³-hybridized carbons (Fsp3) is 0.417. The summed E-state index contributed by atoms with van der Waals surface area (Å²) in [7, 11) is 0. The van der Waals surface area contributed by atoms with Crippen molar-refractivity contribution in [3.8, 4) is 0 Å². The molecule has 10 heteroatoms. The van der Waals surface area contributed by atoms with Gasteiger partial charge in [-0.25, -0.2) is 9.59 Å². The average molecular weight is 533 g/mol. The zero-order chi connectivity index (χ0) is 24.2. The van der Waals surface area contributed by atoms with E-state index in [4.69, 9.17) is 9.47 Å². The van der Waals surface area contributed by atoms with Crippen molar-refractivity contribution in [2.24, 2.45) is 0 Å². The normalized spacial score (nSPS) is 13.6. The lowest BCUT2D eigenvalue weighted by Gasteiger charge is -2.23. The largest absolute Gasteiger partial charge is 0.448 e. The van der Waals surface area contributed by atoms with Crippen LogP contribution in [0.3, 0.4) is 0 Å². The maximum atomic E-state index is 13.0. The van der Waals surface area contributed by atoms with Crippen LogP contribution in [0, 0.1) is 0 Å². The number of carbonyl (C=O) groups is 3. The third-order valence-electron chi connectivity index (χ3n) is 5.34. The molecule has 1 aromatic heterocycles. The molecule has 34 heavy (non-hydrogen) atoms. The van der Waals surface area contributed by atoms with Crippen LogP contribution in [0.25, 0.3) is 0 Å². The first kappa shape index (κ1) is 25.5. The lowest BCUT2D eigenvalue weighted by Crippen LogP contribution is -2.38. The van der Waals surface area contributed by atoms with Crippen LogP contribution in [-0.2, 0) is 9.47 Å². The number of rotatable bonds is 9. The molecular weight excluding hydrogens is 504 g/mol. The number of pyridine rings is 1. The Bertz CT molecular complexity index is 953. The van der Waals surface area contributed by atoms with Crippen LogP contribution in [0.5, 0.6) is 0 Å². The van der Waals surface area contributed by atoms with Crippen LogP contribution in [0.2, 0.25) is 0 Å². The minimum absolute atomic E-state index is 0.0169. The molecule has 0 bridgehead atoms. The quantitative estimate of drug-likeness (QED) is 0.466. The fourth-order valence-electron chi connectivity index (χ4n) is 3.67. The van der Waals surface area contributed by atoms with Gasteiger partial charge in [0.25, 0.3) is 5.91 Å². The van der Waals surface area contributed by atoms with E-state index < -0.39 is 12.2 Å². The van der Waals surface area contributed by atoms with E-state index in [1.54, 1.807) is 24.4 Å². The Kier molecular flexibility index (Phi) is 10.1. The summed E-state index contributed by atoms with van der Waals surface area (Å²) in [6, 6.07) is 11.0. The van der Waals surface area contributed by atoms with Gasteiger partial charge >= 0.3 is 12.2 Å². The highest BCUT2D eigenvalue weighted by Gasteiger charge is 2.19. The molecule has 0 unspecified atom stereocenters.